The van der Waals surface area contributed by atoms with Gasteiger partial charge in [-0.25, -0.2) is 8.78 Å². The largest absolute Gasteiger partial charge is 0.322 e. The summed E-state index contributed by atoms with van der Waals surface area (Å²) in [6.07, 6.45) is 1.27. The number of halogens is 2. The molecule has 2 aromatic rings. The van der Waals surface area contributed by atoms with Crippen LogP contribution in [-0.2, 0) is 4.79 Å². The van der Waals surface area contributed by atoms with Crippen molar-refractivity contribution in [1.29, 1.82) is 0 Å². The van der Waals surface area contributed by atoms with Crippen LogP contribution in [0.1, 0.15) is 35.7 Å². The van der Waals surface area contributed by atoms with E-state index in [1.165, 1.54) is 19.1 Å². The van der Waals surface area contributed by atoms with Gasteiger partial charge < -0.3 is 10.2 Å². The van der Waals surface area contributed by atoms with Gasteiger partial charge >= 0.3 is 0 Å². The number of nitrogens with one attached hydrogen (secondary N) is 1. The van der Waals surface area contributed by atoms with Crippen molar-refractivity contribution in [1.82, 2.24) is 0 Å². The maximum absolute atomic E-state index is 14.0. The molecule has 1 N–H and O–H groups in total. The molecule has 1 aliphatic heterocycles. The van der Waals surface area contributed by atoms with E-state index in [0.717, 1.165) is 6.42 Å². The minimum atomic E-state index is -1.17. The predicted octanol–water partition coefficient (Wildman–Crippen LogP) is 4.04. The molecule has 2 amide bonds. The van der Waals surface area contributed by atoms with Crippen molar-refractivity contribution in [2.75, 3.05) is 10.2 Å². The topological polar surface area (TPSA) is 49.4 Å². The minimum absolute atomic E-state index is 0.0302. The number of aryl methyl sites for hydroxylation is 1. The highest BCUT2D eigenvalue weighted by Gasteiger charge is 2.28. The Hall–Kier alpha value is -2.76. The van der Waals surface area contributed by atoms with Crippen LogP contribution >= 0.6 is 0 Å². The summed E-state index contributed by atoms with van der Waals surface area (Å²) in [5.41, 5.74) is 0.856. The molecule has 1 aliphatic rings. The Kier molecular flexibility index (Phi) is 4.53. The van der Waals surface area contributed by atoms with Gasteiger partial charge in [0.2, 0.25) is 5.91 Å². The minimum Gasteiger partial charge on any atom is -0.322 e. The Morgan fingerprint density at radius 3 is 2.64 bits per heavy atom. The van der Waals surface area contributed by atoms with Crippen molar-refractivity contribution in [3.05, 3.63) is 59.2 Å². The Balaban J connectivity index is 1.84. The highest BCUT2D eigenvalue weighted by molar-refractivity contribution is 6.05. The van der Waals surface area contributed by atoms with Crippen molar-refractivity contribution in [3.8, 4) is 0 Å². The molecular weight excluding hydrogens is 326 g/mol. The second kappa shape index (κ2) is 6.63. The average Bonchev–Trinajstić information content (AvgIpc) is 2.91. The molecule has 1 fully saturated rings. The van der Waals surface area contributed by atoms with Gasteiger partial charge in [-0.1, -0.05) is 12.1 Å². The van der Waals surface area contributed by atoms with Crippen molar-refractivity contribution in [2.24, 2.45) is 0 Å². The molecule has 1 heterocycles. The van der Waals surface area contributed by atoms with Gasteiger partial charge in [0.05, 0.1) is 5.56 Å². The summed E-state index contributed by atoms with van der Waals surface area (Å²) in [7, 11) is 0. The summed E-state index contributed by atoms with van der Waals surface area (Å²) in [5, 5.41) is 2.56. The van der Waals surface area contributed by atoms with Gasteiger partial charge in [0.1, 0.15) is 0 Å². The fourth-order valence-corrected chi connectivity index (χ4v) is 2.98. The molecule has 6 heteroatoms. The van der Waals surface area contributed by atoms with Crippen molar-refractivity contribution in [3.63, 3.8) is 0 Å². The number of benzene rings is 2. The Bertz CT molecular complexity index is 851. The van der Waals surface area contributed by atoms with Crippen LogP contribution in [0.15, 0.2) is 36.4 Å². The lowest BCUT2D eigenvalue weighted by atomic mass is 10.1. The zero-order chi connectivity index (χ0) is 18.1. The van der Waals surface area contributed by atoms with Crippen molar-refractivity contribution < 1.29 is 18.4 Å². The lowest BCUT2D eigenvalue weighted by molar-refractivity contribution is -0.117. The van der Waals surface area contributed by atoms with Gasteiger partial charge in [-0.3, -0.25) is 9.59 Å². The number of hydrogen-bond donors (Lipinski definition) is 1. The van der Waals surface area contributed by atoms with Gasteiger partial charge in [-0.15, -0.1) is 0 Å². The number of carbonyl (C=O) groups excluding carboxylic acids is 2. The molecule has 130 valence electrons. The fraction of sp³-hybridized carbons (Fsp3) is 0.263. The molecule has 0 radical (unpaired) electrons. The molecule has 3 rings (SSSR count). The van der Waals surface area contributed by atoms with Crippen LogP contribution in [0.5, 0.6) is 0 Å². The van der Waals surface area contributed by atoms with Crippen molar-refractivity contribution in [2.45, 2.75) is 32.7 Å². The van der Waals surface area contributed by atoms with E-state index in [9.17, 15) is 18.4 Å². The van der Waals surface area contributed by atoms with Gasteiger partial charge in [0, 0.05) is 23.8 Å². The molecule has 1 saturated heterocycles. The monoisotopic (exact) mass is 344 g/mol. The summed E-state index contributed by atoms with van der Waals surface area (Å²) in [5.74, 6) is -2.91. The third-order valence-corrected chi connectivity index (χ3v) is 4.39. The van der Waals surface area contributed by atoms with Gasteiger partial charge in [-0.05, 0) is 50.1 Å². The smallest absolute Gasteiger partial charge is 0.258 e. The summed E-state index contributed by atoms with van der Waals surface area (Å²) < 4.78 is 27.6. The van der Waals surface area contributed by atoms with Crippen LogP contribution in [0.3, 0.4) is 0 Å². The van der Waals surface area contributed by atoms with Crippen molar-refractivity contribution >= 4 is 23.2 Å². The van der Waals surface area contributed by atoms with Gasteiger partial charge in [0.25, 0.3) is 5.91 Å². The van der Waals surface area contributed by atoms with E-state index >= 15 is 0 Å². The number of nitrogens with zero attached hydrogens (tertiary/aromatic N) is 1. The zero-order valence-corrected chi connectivity index (χ0v) is 14.0. The molecule has 2 aromatic carbocycles. The molecular formula is C19H18F2N2O2. The zero-order valence-electron chi connectivity index (χ0n) is 14.0. The number of anilines is 2. The molecule has 4 nitrogen and oxygen atoms in total. The molecule has 25 heavy (non-hydrogen) atoms. The normalized spacial score (nSPS) is 17.0. The highest BCUT2D eigenvalue weighted by atomic mass is 19.2. The van der Waals surface area contributed by atoms with Crippen LogP contribution in [0, 0.1) is 18.6 Å². The lowest BCUT2D eigenvalue weighted by Crippen LogP contribution is -2.30. The van der Waals surface area contributed by atoms with E-state index in [-0.39, 0.29) is 23.1 Å². The van der Waals surface area contributed by atoms with E-state index < -0.39 is 17.5 Å². The quantitative estimate of drug-likeness (QED) is 0.913. The fourth-order valence-electron chi connectivity index (χ4n) is 2.98. The summed E-state index contributed by atoms with van der Waals surface area (Å²) in [4.78, 5) is 25.9. The first-order chi connectivity index (χ1) is 11.9. The third-order valence-electron chi connectivity index (χ3n) is 4.39. The molecule has 1 atom stereocenters. The predicted molar refractivity (Wildman–Crippen MR) is 91.7 cm³/mol. The summed E-state index contributed by atoms with van der Waals surface area (Å²) in [6, 6.07) is 9.46. The highest BCUT2D eigenvalue weighted by Crippen LogP contribution is 2.28. The van der Waals surface area contributed by atoms with E-state index in [4.69, 9.17) is 0 Å². The first-order valence-corrected chi connectivity index (χ1v) is 8.06. The summed E-state index contributed by atoms with van der Waals surface area (Å²) in [6.45, 7) is 3.39. The van der Waals surface area contributed by atoms with Crippen LogP contribution < -0.4 is 10.2 Å². The van der Waals surface area contributed by atoms with Gasteiger partial charge in [-0.2, -0.15) is 0 Å². The SMILES string of the molecule is Cc1ccc(C(=O)Nc2cccc(N3C(=O)CCC3C)c2)c(F)c1F. The third kappa shape index (κ3) is 3.24. The number of amides is 2. The van der Waals surface area contributed by atoms with E-state index in [1.807, 2.05) is 6.92 Å². The molecule has 1 unspecified atom stereocenters. The van der Waals surface area contributed by atoms with Crippen LogP contribution in [0.25, 0.3) is 0 Å². The van der Waals surface area contributed by atoms with E-state index in [1.54, 1.807) is 29.2 Å². The molecule has 0 spiro atoms. The van der Waals surface area contributed by atoms with Crippen LogP contribution in [0.4, 0.5) is 20.2 Å². The van der Waals surface area contributed by atoms with Crippen LogP contribution in [0.2, 0.25) is 0 Å². The average molecular weight is 344 g/mol. The number of rotatable bonds is 3. The van der Waals surface area contributed by atoms with E-state index in [0.29, 0.717) is 17.8 Å². The van der Waals surface area contributed by atoms with E-state index in [2.05, 4.69) is 5.32 Å². The Labute approximate surface area is 144 Å². The number of hydrogen-bond acceptors (Lipinski definition) is 2. The first-order valence-electron chi connectivity index (χ1n) is 8.06. The maximum atomic E-state index is 14.0. The van der Waals surface area contributed by atoms with Crippen LogP contribution in [-0.4, -0.2) is 17.9 Å². The summed E-state index contributed by atoms with van der Waals surface area (Å²) >= 11 is 0. The maximum Gasteiger partial charge on any atom is 0.258 e. The second-order valence-electron chi connectivity index (χ2n) is 6.21. The molecule has 0 aromatic heterocycles. The van der Waals surface area contributed by atoms with Gasteiger partial charge in [0.15, 0.2) is 11.6 Å². The molecule has 0 saturated carbocycles. The Morgan fingerprint density at radius 1 is 1.20 bits per heavy atom. The Morgan fingerprint density at radius 2 is 1.96 bits per heavy atom. The lowest BCUT2D eigenvalue weighted by Gasteiger charge is -2.22. The number of carbonyl (C=O) groups is 2. The standard InChI is InChI=1S/C19H18F2N2O2/c1-11-6-8-15(18(21)17(11)20)19(25)22-13-4-3-5-14(10-13)23-12(2)7-9-16(23)24/h3-6,8,10,12H,7,9H2,1-2H3,(H,22,25). The molecule has 0 aliphatic carbocycles. The second-order valence-corrected chi connectivity index (χ2v) is 6.21. The first kappa shape index (κ1) is 17.1. The molecule has 0 bridgehead atoms.